The largest absolute Gasteiger partial charge is 0.467 e. The molecule has 6 rings (SSSR count). The zero-order valence-corrected chi connectivity index (χ0v) is 22.7. The Bertz CT molecular complexity index is 1580. The fraction of sp³-hybridized carbons (Fsp3) is 0.321. The van der Waals surface area contributed by atoms with Crippen LogP contribution in [0.15, 0.2) is 70.2 Å². The van der Waals surface area contributed by atoms with E-state index in [2.05, 4.69) is 5.32 Å². The van der Waals surface area contributed by atoms with Gasteiger partial charge in [0.15, 0.2) is 17.5 Å². The van der Waals surface area contributed by atoms with Gasteiger partial charge in [0.05, 0.1) is 17.9 Å². The van der Waals surface area contributed by atoms with E-state index >= 15 is 0 Å². The standard InChI is InChI=1S/C28H27N3O9S/c32-25(16-31-28(34)20-6-1-2-8-24(20)41(31,35)36)30(15-18-9-10-21-23(13-18)40-17-39-21)26(22-7-4-12-38-22)27(33)29-14-19-5-3-11-37-19/h1-2,4,6-10,12-13,19,26H,3,5,11,14-17H2,(H,29,33)/t19-,26-/m0/s1. The van der Waals surface area contributed by atoms with Crippen molar-refractivity contribution in [1.82, 2.24) is 14.5 Å². The highest BCUT2D eigenvalue weighted by Crippen LogP contribution is 2.35. The molecule has 3 aliphatic heterocycles. The van der Waals surface area contributed by atoms with E-state index in [1.807, 2.05) is 0 Å². The summed E-state index contributed by atoms with van der Waals surface area (Å²) in [6.07, 6.45) is 2.91. The highest BCUT2D eigenvalue weighted by molar-refractivity contribution is 7.90. The molecule has 214 valence electrons. The smallest absolute Gasteiger partial charge is 0.269 e. The number of fused-ring (bicyclic) bond motifs is 2. The van der Waals surface area contributed by atoms with Gasteiger partial charge in [-0.15, -0.1) is 0 Å². The van der Waals surface area contributed by atoms with Crippen LogP contribution in [0.4, 0.5) is 0 Å². The minimum Gasteiger partial charge on any atom is -0.467 e. The number of carbonyl (C=O) groups is 3. The summed E-state index contributed by atoms with van der Waals surface area (Å²) < 4.78 is 49.0. The summed E-state index contributed by atoms with van der Waals surface area (Å²) >= 11 is 0. The fourth-order valence-corrected chi connectivity index (χ4v) is 6.67. The van der Waals surface area contributed by atoms with Crippen LogP contribution in [0.2, 0.25) is 0 Å². The van der Waals surface area contributed by atoms with Crippen molar-refractivity contribution >= 4 is 27.7 Å². The van der Waals surface area contributed by atoms with Gasteiger partial charge in [0.2, 0.25) is 12.7 Å². The van der Waals surface area contributed by atoms with Crippen molar-refractivity contribution in [3.63, 3.8) is 0 Å². The number of carbonyl (C=O) groups excluding carboxylic acids is 3. The molecule has 2 atom stereocenters. The first-order valence-corrected chi connectivity index (χ1v) is 14.5. The number of hydrogen-bond donors (Lipinski definition) is 1. The zero-order valence-electron chi connectivity index (χ0n) is 21.9. The first-order valence-electron chi connectivity index (χ1n) is 13.1. The Morgan fingerprint density at radius 3 is 2.66 bits per heavy atom. The summed E-state index contributed by atoms with van der Waals surface area (Å²) in [5.41, 5.74) is 0.574. The molecule has 13 heteroatoms. The van der Waals surface area contributed by atoms with Crippen LogP contribution in [0, 0.1) is 0 Å². The summed E-state index contributed by atoms with van der Waals surface area (Å²) in [4.78, 5) is 41.8. The van der Waals surface area contributed by atoms with E-state index in [0.29, 0.717) is 28.0 Å². The van der Waals surface area contributed by atoms with Crippen molar-refractivity contribution in [3.05, 3.63) is 77.7 Å². The lowest BCUT2D eigenvalue weighted by Crippen LogP contribution is -2.48. The number of sulfonamides is 1. The zero-order chi connectivity index (χ0) is 28.6. The fourth-order valence-electron chi connectivity index (χ4n) is 5.15. The average molecular weight is 582 g/mol. The molecule has 1 fully saturated rings. The van der Waals surface area contributed by atoms with Gasteiger partial charge in [0.1, 0.15) is 17.2 Å². The first-order chi connectivity index (χ1) is 19.8. The maximum Gasteiger partial charge on any atom is 0.269 e. The number of amides is 3. The second-order valence-electron chi connectivity index (χ2n) is 9.82. The lowest BCUT2D eigenvalue weighted by atomic mass is 10.1. The Morgan fingerprint density at radius 1 is 1.07 bits per heavy atom. The van der Waals surface area contributed by atoms with Gasteiger partial charge in [-0.25, -0.2) is 12.7 Å². The van der Waals surface area contributed by atoms with Gasteiger partial charge < -0.3 is 28.8 Å². The molecule has 1 N–H and O–H groups in total. The minimum absolute atomic E-state index is 0.0143. The summed E-state index contributed by atoms with van der Waals surface area (Å²) in [6.45, 7) is -0.0363. The van der Waals surface area contributed by atoms with Crippen molar-refractivity contribution < 1.29 is 41.4 Å². The predicted octanol–water partition coefficient (Wildman–Crippen LogP) is 2.22. The number of rotatable bonds is 9. The third-order valence-electron chi connectivity index (χ3n) is 7.20. The number of nitrogens with zero attached hydrogens (tertiary/aromatic N) is 2. The number of hydrogen-bond acceptors (Lipinski definition) is 9. The lowest BCUT2D eigenvalue weighted by molar-refractivity contribution is -0.142. The van der Waals surface area contributed by atoms with Crippen LogP contribution in [0.3, 0.4) is 0 Å². The molecule has 2 aromatic carbocycles. The molecule has 1 saturated heterocycles. The average Bonchev–Trinajstić information content (AvgIpc) is 3.78. The minimum atomic E-state index is -4.27. The quantitative estimate of drug-likeness (QED) is 0.402. The van der Waals surface area contributed by atoms with Gasteiger partial charge in [-0.3, -0.25) is 14.4 Å². The SMILES string of the molecule is O=C(NC[C@@H]1CCCO1)[C@H](c1ccco1)N(Cc1ccc2c(c1)OCO2)C(=O)CN1C(=O)c2ccccc2S1(=O)=O. The molecule has 41 heavy (non-hydrogen) atoms. The maximum atomic E-state index is 14.0. The maximum absolute atomic E-state index is 14.0. The third-order valence-corrected chi connectivity index (χ3v) is 8.99. The van der Waals surface area contributed by atoms with Crippen molar-refractivity contribution in [3.8, 4) is 11.5 Å². The molecule has 4 heterocycles. The van der Waals surface area contributed by atoms with Gasteiger partial charge in [0.25, 0.3) is 21.8 Å². The summed E-state index contributed by atoms with van der Waals surface area (Å²) in [5, 5.41) is 2.85. The van der Waals surface area contributed by atoms with Crippen molar-refractivity contribution in [2.24, 2.45) is 0 Å². The second kappa shape index (κ2) is 10.9. The van der Waals surface area contributed by atoms with Crippen LogP contribution in [-0.2, 0) is 30.9 Å². The predicted molar refractivity (Wildman–Crippen MR) is 141 cm³/mol. The number of nitrogens with one attached hydrogen (secondary N) is 1. The van der Waals surface area contributed by atoms with Crippen LogP contribution in [0.5, 0.6) is 11.5 Å². The van der Waals surface area contributed by atoms with Gasteiger partial charge in [-0.1, -0.05) is 18.2 Å². The summed E-state index contributed by atoms with van der Waals surface area (Å²) in [6, 6.07) is 12.7. The van der Waals surface area contributed by atoms with Gasteiger partial charge in [-0.2, -0.15) is 0 Å². The first kappa shape index (κ1) is 26.8. The van der Waals surface area contributed by atoms with Crippen LogP contribution < -0.4 is 14.8 Å². The normalized spacial score (nSPS) is 19.2. The summed E-state index contributed by atoms with van der Waals surface area (Å²) in [5.74, 6) is -0.947. The molecule has 12 nitrogen and oxygen atoms in total. The van der Waals surface area contributed by atoms with Crippen molar-refractivity contribution in [1.29, 1.82) is 0 Å². The molecular weight excluding hydrogens is 554 g/mol. The van der Waals surface area contributed by atoms with Crippen molar-refractivity contribution in [2.45, 2.75) is 36.4 Å². The molecule has 1 aromatic heterocycles. The van der Waals surface area contributed by atoms with E-state index < -0.39 is 40.3 Å². The Balaban J connectivity index is 1.33. The van der Waals surface area contributed by atoms with Gasteiger partial charge in [-0.05, 0) is 54.8 Å². The molecule has 3 amide bonds. The Labute approximate surface area is 235 Å². The van der Waals surface area contributed by atoms with Crippen LogP contribution in [0.1, 0.15) is 40.6 Å². The Morgan fingerprint density at radius 2 is 1.90 bits per heavy atom. The Kier molecular flexibility index (Phi) is 7.14. The molecule has 0 bridgehead atoms. The monoisotopic (exact) mass is 581 g/mol. The highest BCUT2D eigenvalue weighted by atomic mass is 32.2. The van der Waals surface area contributed by atoms with E-state index in [1.165, 1.54) is 29.4 Å². The number of ether oxygens (including phenoxy) is 3. The molecule has 3 aliphatic rings. The molecule has 3 aromatic rings. The molecule has 0 aliphatic carbocycles. The lowest BCUT2D eigenvalue weighted by Gasteiger charge is -2.31. The van der Waals surface area contributed by atoms with E-state index in [9.17, 15) is 22.8 Å². The van der Waals surface area contributed by atoms with E-state index in [-0.39, 0.29) is 42.2 Å². The Hall–Kier alpha value is -4.36. The molecular formula is C28H27N3O9S. The third kappa shape index (κ3) is 5.13. The second-order valence-corrected chi connectivity index (χ2v) is 11.7. The molecule has 0 saturated carbocycles. The van der Waals surface area contributed by atoms with Crippen molar-refractivity contribution in [2.75, 3.05) is 26.5 Å². The van der Waals surface area contributed by atoms with Crippen LogP contribution >= 0.6 is 0 Å². The highest BCUT2D eigenvalue weighted by Gasteiger charge is 2.44. The molecule has 0 unspecified atom stereocenters. The molecule has 0 spiro atoms. The van der Waals surface area contributed by atoms with Crippen LogP contribution in [0.25, 0.3) is 0 Å². The van der Waals surface area contributed by atoms with Crippen LogP contribution in [-0.4, -0.2) is 67.9 Å². The topological polar surface area (TPSA) is 145 Å². The number of furan rings is 1. The molecule has 0 radical (unpaired) electrons. The van der Waals surface area contributed by atoms with Gasteiger partial charge >= 0.3 is 0 Å². The van der Waals surface area contributed by atoms with Gasteiger partial charge in [0, 0.05) is 19.7 Å². The summed E-state index contributed by atoms with van der Waals surface area (Å²) in [7, 11) is -4.27. The van der Waals surface area contributed by atoms with E-state index in [1.54, 1.807) is 36.4 Å². The number of benzene rings is 2. The van der Waals surface area contributed by atoms with E-state index in [4.69, 9.17) is 18.6 Å². The van der Waals surface area contributed by atoms with E-state index in [0.717, 1.165) is 12.8 Å².